The second-order valence-electron chi connectivity index (χ2n) is 5.43. The molecule has 1 N–H and O–H groups in total. The summed E-state index contributed by atoms with van der Waals surface area (Å²) < 4.78 is 11.1. The number of rotatable bonds is 8. The van der Waals surface area contributed by atoms with Gasteiger partial charge in [0.05, 0.1) is 19.6 Å². The molecule has 0 atom stereocenters. The number of carbonyl (C=O) groups excluding carboxylic acids is 2. The van der Waals surface area contributed by atoms with E-state index in [1.54, 1.807) is 0 Å². The Labute approximate surface area is 145 Å². The highest BCUT2D eigenvalue weighted by molar-refractivity contribution is 6.22. The number of hydrogen-bond donors (Lipinski definition) is 1. The number of carboxylic acid groups (broad SMARTS) is 1. The number of ketones is 1. The lowest BCUT2D eigenvalue weighted by Crippen LogP contribution is -2.36. The van der Waals surface area contributed by atoms with Crippen LogP contribution in [0.15, 0.2) is 30.0 Å². The van der Waals surface area contributed by atoms with Gasteiger partial charge in [0.2, 0.25) is 5.91 Å². The monoisotopic (exact) mass is 347 g/mol. The van der Waals surface area contributed by atoms with Crippen LogP contribution in [0.25, 0.3) is 0 Å². The number of hydrogen-bond acceptors (Lipinski definition) is 5. The summed E-state index contributed by atoms with van der Waals surface area (Å²) in [5.74, 6) is -1.09. The van der Waals surface area contributed by atoms with Crippen molar-refractivity contribution in [1.82, 2.24) is 4.90 Å². The molecule has 0 unspecified atom stereocenters. The van der Waals surface area contributed by atoms with Gasteiger partial charge in [-0.3, -0.25) is 9.59 Å². The maximum Gasteiger partial charge on any atom is 0.340 e. The third kappa shape index (κ3) is 4.59. The van der Waals surface area contributed by atoms with Crippen LogP contribution in [0.4, 0.5) is 0 Å². The first-order valence-electron chi connectivity index (χ1n) is 8.12. The van der Waals surface area contributed by atoms with Crippen molar-refractivity contribution in [3.8, 4) is 11.5 Å². The standard InChI is InChI=1S/C18H21NO6/c1-3-24-15-6-5-12(9-16(15)25-4-2)7-8-19-11-13(18(22)23)14(20)10-17(19)21/h5-6,9,11H,3-4,7-8,10H2,1-2H3,(H,22,23). The predicted octanol–water partition coefficient (Wildman–Crippen LogP) is 1.80. The summed E-state index contributed by atoms with van der Waals surface area (Å²) in [6, 6.07) is 5.52. The highest BCUT2D eigenvalue weighted by Gasteiger charge is 2.29. The van der Waals surface area contributed by atoms with Crippen LogP contribution in [-0.2, 0) is 20.8 Å². The third-order valence-corrected chi connectivity index (χ3v) is 3.70. The van der Waals surface area contributed by atoms with Crippen molar-refractivity contribution in [2.24, 2.45) is 0 Å². The van der Waals surface area contributed by atoms with Crippen molar-refractivity contribution in [3.05, 3.63) is 35.5 Å². The number of aliphatic carboxylic acids is 1. The van der Waals surface area contributed by atoms with Gasteiger partial charge in [0.1, 0.15) is 5.57 Å². The molecule has 0 aromatic heterocycles. The highest BCUT2D eigenvalue weighted by atomic mass is 16.5. The SMILES string of the molecule is CCOc1ccc(CCN2C=C(C(=O)O)C(=O)CC2=O)cc1OCC. The van der Waals surface area contributed by atoms with Crippen LogP contribution in [0.5, 0.6) is 11.5 Å². The Balaban J connectivity index is 2.12. The summed E-state index contributed by atoms with van der Waals surface area (Å²) in [6.07, 6.45) is 1.20. The molecule has 1 amide bonds. The van der Waals surface area contributed by atoms with Gasteiger partial charge < -0.3 is 19.5 Å². The van der Waals surface area contributed by atoms with Crippen molar-refractivity contribution >= 4 is 17.7 Å². The summed E-state index contributed by atoms with van der Waals surface area (Å²) in [5, 5.41) is 9.02. The van der Waals surface area contributed by atoms with Crippen LogP contribution in [0, 0.1) is 0 Å². The van der Waals surface area contributed by atoms with Crippen LogP contribution in [-0.4, -0.2) is 47.4 Å². The molecule has 0 saturated heterocycles. The maximum atomic E-state index is 11.9. The lowest BCUT2D eigenvalue weighted by atomic mass is 10.0. The lowest BCUT2D eigenvalue weighted by molar-refractivity contribution is -0.137. The van der Waals surface area contributed by atoms with E-state index >= 15 is 0 Å². The molecule has 0 saturated carbocycles. The fourth-order valence-corrected chi connectivity index (χ4v) is 2.50. The average Bonchev–Trinajstić information content (AvgIpc) is 2.56. The van der Waals surface area contributed by atoms with Crippen LogP contribution >= 0.6 is 0 Å². The predicted molar refractivity (Wildman–Crippen MR) is 89.5 cm³/mol. The Kier molecular flexibility index (Phi) is 6.16. The van der Waals surface area contributed by atoms with Crippen LogP contribution < -0.4 is 9.47 Å². The number of carbonyl (C=O) groups is 3. The number of Topliss-reactive ketones (excluding diaryl/α,β-unsaturated/α-hetero) is 1. The Bertz CT molecular complexity index is 710. The largest absolute Gasteiger partial charge is 0.490 e. The number of benzene rings is 1. The van der Waals surface area contributed by atoms with Gasteiger partial charge in [-0.1, -0.05) is 6.07 Å². The van der Waals surface area contributed by atoms with Crippen LogP contribution in [0.1, 0.15) is 25.8 Å². The zero-order chi connectivity index (χ0) is 18.4. The number of nitrogens with zero attached hydrogens (tertiary/aromatic N) is 1. The fraction of sp³-hybridized carbons (Fsp3) is 0.389. The van der Waals surface area contributed by atoms with E-state index in [0.29, 0.717) is 31.1 Å². The first-order valence-corrected chi connectivity index (χ1v) is 8.12. The number of carboxylic acids is 1. The molecule has 0 bridgehead atoms. The molecule has 1 aromatic carbocycles. The fourth-order valence-electron chi connectivity index (χ4n) is 2.50. The summed E-state index contributed by atoms with van der Waals surface area (Å²) in [4.78, 5) is 35.8. The van der Waals surface area contributed by atoms with Crippen molar-refractivity contribution in [3.63, 3.8) is 0 Å². The minimum atomic E-state index is -1.32. The normalized spacial score (nSPS) is 14.3. The molecule has 0 fully saturated rings. The number of ether oxygens (including phenoxy) is 2. The van der Waals surface area contributed by atoms with Gasteiger partial charge in [-0.15, -0.1) is 0 Å². The molecule has 0 radical (unpaired) electrons. The van der Waals surface area contributed by atoms with E-state index in [2.05, 4.69) is 0 Å². The molecule has 1 aromatic rings. The van der Waals surface area contributed by atoms with E-state index in [-0.39, 0.29) is 12.1 Å². The highest BCUT2D eigenvalue weighted by Crippen LogP contribution is 2.29. The molecule has 1 heterocycles. The quantitative estimate of drug-likeness (QED) is 0.569. The van der Waals surface area contributed by atoms with E-state index < -0.39 is 24.1 Å². The van der Waals surface area contributed by atoms with Gasteiger partial charge in [0, 0.05) is 12.7 Å². The van der Waals surface area contributed by atoms with Gasteiger partial charge >= 0.3 is 5.97 Å². The Hall–Kier alpha value is -2.83. The first-order chi connectivity index (χ1) is 12.0. The zero-order valence-corrected chi connectivity index (χ0v) is 14.3. The summed E-state index contributed by atoms with van der Waals surface area (Å²) in [7, 11) is 0. The molecule has 7 nitrogen and oxygen atoms in total. The van der Waals surface area contributed by atoms with Crippen molar-refractivity contribution in [1.29, 1.82) is 0 Å². The molecule has 1 aliphatic heterocycles. The van der Waals surface area contributed by atoms with E-state index in [1.807, 2.05) is 32.0 Å². The molecular formula is C18H21NO6. The van der Waals surface area contributed by atoms with Gasteiger partial charge in [-0.2, -0.15) is 0 Å². The smallest absolute Gasteiger partial charge is 0.340 e. The van der Waals surface area contributed by atoms with Gasteiger partial charge in [0.15, 0.2) is 17.3 Å². The van der Waals surface area contributed by atoms with E-state index in [9.17, 15) is 14.4 Å². The van der Waals surface area contributed by atoms with E-state index in [0.717, 1.165) is 11.8 Å². The molecule has 1 aliphatic rings. The minimum absolute atomic E-state index is 0.280. The Morgan fingerprint density at radius 2 is 1.84 bits per heavy atom. The molecule has 0 aliphatic carbocycles. The summed E-state index contributed by atoms with van der Waals surface area (Å²) in [6.45, 7) is 5.07. The van der Waals surface area contributed by atoms with Gasteiger partial charge in [0.25, 0.3) is 0 Å². The topological polar surface area (TPSA) is 93.1 Å². The van der Waals surface area contributed by atoms with Crippen molar-refractivity contribution in [2.75, 3.05) is 19.8 Å². The van der Waals surface area contributed by atoms with E-state index in [1.165, 1.54) is 4.90 Å². The zero-order valence-electron chi connectivity index (χ0n) is 14.3. The van der Waals surface area contributed by atoms with Gasteiger partial charge in [-0.25, -0.2) is 4.79 Å². The van der Waals surface area contributed by atoms with Crippen LogP contribution in [0.3, 0.4) is 0 Å². The summed E-state index contributed by atoms with van der Waals surface area (Å²) in [5.41, 5.74) is 0.558. The molecule has 25 heavy (non-hydrogen) atoms. The van der Waals surface area contributed by atoms with Crippen molar-refractivity contribution in [2.45, 2.75) is 26.7 Å². The first kappa shape index (κ1) is 18.5. The Morgan fingerprint density at radius 1 is 1.16 bits per heavy atom. The lowest BCUT2D eigenvalue weighted by Gasteiger charge is -2.23. The number of amides is 1. The molecule has 2 rings (SSSR count). The second kappa shape index (κ2) is 8.32. The maximum absolute atomic E-state index is 11.9. The molecule has 134 valence electrons. The van der Waals surface area contributed by atoms with Crippen LogP contribution in [0.2, 0.25) is 0 Å². The molecule has 0 spiro atoms. The van der Waals surface area contributed by atoms with E-state index in [4.69, 9.17) is 14.6 Å². The average molecular weight is 347 g/mol. The minimum Gasteiger partial charge on any atom is -0.490 e. The van der Waals surface area contributed by atoms with Gasteiger partial charge in [-0.05, 0) is 38.0 Å². The summed E-state index contributed by atoms with van der Waals surface area (Å²) >= 11 is 0. The second-order valence-corrected chi connectivity index (χ2v) is 5.43. The Morgan fingerprint density at radius 3 is 2.48 bits per heavy atom. The van der Waals surface area contributed by atoms with Crippen molar-refractivity contribution < 1.29 is 29.0 Å². The third-order valence-electron chi connectivity index (χ3n) is 3.70. The molecule has 7 heteroatoms. The molecular weight excluding hydrogens is 326 g/mol.